The van der Waals surface area contributed by atoms with Gasteiger partial charge in [-0.25, -0.2) is 0 Å². The van der Waals surface area contributed by atoms with Crippen LogP contribution in [0.15, 0.2) is 28.7 Å². The Hall–Kier alpha value is -1.30. The molecule has 0 radical (unpaired) electrons. The molecule has 0 aliphatic rings. The van der Waals surface area contributed by atoms with Crippen molar-refractivity contribution in [3.63, 3.8) is 0 Å². The van der Waals surface area contributed by atoms with Crippen LogP contribution < -0.4 is 5.73 Å². The molecule has 1 aromatic rings. The van der Waals surface area contributed by atoms with Gasteiger partial charge in [-0.2, -0.15) is 13.2 Å². The summed E-state index contributed by atoms with van der Waals surface area (Å²) in [6, 6.07) is 3.15. The summed E-state index contributed by atoms with van der Waals surface area (Å²) < 4.78 is 37.6. The molecule has 0 aromatic heterocycles. The van der Waals surface area contributed by atoms with Gasteiger partial charge in [0, 0.05) is 10.5 Å². The number of alkyl halides is 3. The van der Waals surface area contributed by atoms with Crippen LogP contribution in [0.1, 0.15) is 11.1 Å². The third-order valence-corrected chi connectivity index (χ3v) is 2.47. The zero-order valence-corrected chi connectivity index (χ0v) is 9.47. The van der Waals surface area contributed by atoms with Crippen molar-refractivity contribution in [1.82, 2.24) is 0 Å². The van der Waals surface area contributed by atoms with Gasteiger partial charge in [-0.15, -0.1) is 0 Å². The molecule has 1 amide bonds. The summed E-state index contributed by atoms with van der Waals surface area (Å²) in [5.41, 5.74) is 4.32. The highest BCUT2D eigenvalue weighted by molar-refractivity contribution is 9.10. The Labute approximate surface area is 98.1 Å². The van der Waals surface area contributed by atoms with E-state index in [0.717, 1.165) is 18.2 Å². The number of benzene rings is 1. The van der Waals surface area contributed by atoms with Crippen LogP contribution in [0.25, 0.3) is 6.08 Å². The summed E-state index contributed by atoms with van der Waals surface area (Å²) in [5.74, 6) is -0.718. The fourth-order valence-electron chi connectivity index (χ4n) is 1.02. The Morgan fingerprint density at radius 1 is 1.38 bits per heavy atom. The van der Waals surface area contributed by atoms with Gasteiger partial charge in [0.2, 0.25) is 5.91 Å². The highest BCUT2D eigenvalue weighted by Crippen LogP contribution is 2.32. The number of rotatable bonds is 2. The molecule has 2 nitrogen and oxygen atoms in total. The first kappa shape index (κ1) is 12.8. The number of amides is 1. The number of nitrogens with two attached hydrogens (primary N) is 1. The first-order valence-electron chi connectivity index (χ1n) is 4.15. The number of primary amides is 1. The first-order valence-corrected chi connectivity index (χ1v) is 4.94. The molecule has 1 rings (SSSR count). The molecule has 0 aliphatic heterocycles. The molecule has 0 heterocycles. The van der Waals surface area contributed by atoms with E-state index in [-0.39, 0.29) is 5.56 Å². The Kier molecular flexibility index (Phi) is 3.74. The van der Waals surface area contributed by atoms with Gasteiger partial charge in [0.15, 0.2) is 0 Å². The van der Waals surface area contributed by atoms with Gasteiger partial charge < -0.3 is 5.73 Å². The summed E-state index contributed by atoms with van der Waals surface area (Å²) >= 11 is 3.08. The van der Waals surface area contributed by atoms with Crippen molar-refractivity contribution < 1.29 is 18.0 Å². The molecule has 0 saturated carbocycles. The lowest BCUT2D eigenvalue weighted by Crippen LogP contribution is -2.06. The molecule has 0 unspecified atom stereocenters. The van der Waals surface area contributed by atoms with E-state index in [1.165, 1.54) is 12.1 Å². The second-order valence-electron chi connectivity index (χ2n) is 2.97. The molecule has 0 aliphatic carbocycles. The lowest BCUT2D eigenvalue weighted by molar-refractivity contribution is -0.137. The van der Waals surface area contributed by atoms with E-state index < -0.39 is 17.6 Å². The van der Waals surface area contributed by atoms with Gasteiger partial charge in [0.05, 0.1) is 5.56 Å². The number of halogens is 4. The molecule has 0 fully saturated rings. The van der Waals surface area contributed by atoms with E-state index >= 15 is 0 Å². The summed E-state index contributed by atoms with van der Waals surface area (Å²) in [5, 5.41) is 0. The summed E-state index contributed by atoms with van der Waals surface area (Å²) in [6.07, 6.45) is -2.18. The van der Waals surface area contributed by atoms with Gasteiger partial charge >= 0.3 is 6.18 Å². The molecule has 6 heteroatoms. The minimum absolute atomic E-state index is 0.244. The van der Waals surface area contributed by atoms with Crippen LogP contribution in [-0.2, 0) is 11.0 Å². The smallest absolute Gasteiger partial charge is 0.366 e. The van der Waals surface area contributed by atoms with Crippen LogP contribution in [0.5, 0.6) is 0 Å². The lowest BCUT2D eigenvalue weighted by atomic mass is 10.1. The maximum absolute atomic E-state index is 12.4. The normalized spacial score (nSPS) is 12.0. The topological polar surface area (TPSA) is 43.1 Å². The van der Waals surface area contributed by atoms with Crippen molar-refractivity contribution >= 4 is 27.9 Å². The van der Waals surface area contributed by atoms with Crippen molar-refractivity contribution in [2.75, 3.05) is 0 Å². The van der Waals surface area contributed by atoms with E-state index in [1.54, 1.807) is 0 Å². The Bertz CT molecular complexity index is 440. The van der Waals surface area contributed by atoms with Crippen molar-refractivity contribution in [3.05, 3.63) is 39.9 Å². The molecule has 2 N–H and O–H groups in total. The Morgan fingerprint density at radius 2 is 2.00 bits per heavy atom. The molecule has 1 aromatic carbocycles. The standard InChI is InChI=1S/C10H7BrF3NO/c11-8-3-2-7(10(12,13)14)5-6(8)1-4-9(15)16/h1-5H,(H2,15,16)/b4-1+. The number of hydrogen-bond donors (Lipinski definition) is 1. The second kappa shape index (κ2) is 4.69. The average Bonchev–Trinajstić information content (AvgIpc) is 2.14. The van der Waals surface area contributed by atoms with Gasteiger partial charge in [-0.05, 0) is 29.8 Å². The van der Waals surface area contributed by atoms with Gasteiger partial charge in [-0.1, -0.05) is 15.9 Å². The zero-order chi connectivity index (χ0) is 12.3. The third kappa shape index (κ3) is 3.37. The van der Waals surface area contributed by atoms with Gasteiger partial charge in [-0.3, -0.25) is 4.79 Å². The van der Waals surface area contributed by atoms with E-state index in [9.17, 15) is 18.0 Å². The van der Waals surface area contributed by atoms with E-state index in [4.69, 9.17) is 5.73 Å². The zero-order valence-electron chi connectivity index (χ0n) is 7.88. The number of carbonyl (C=O) groups is 1. The third-order valence-electron chi connectivity index (χ3n) is 1.75. The summed E-state index contributed by atoms with van der Waals surface area (Å²) in [7, 11) is 0. The van der Waals surface area contributed by atoms with Crippen molar-refractivity contribution in [2.24, 2.45) is 5.73 Å². The van der Waals surface area contributed by atoms with Crippen LogP contribution in [0.3, 0.4) is 0 Å². The molecular weight excluding hydrogens is 287 g/mol. The second-order valence-corrected chi connectivity index (χ2v) is 3.82. The van der Waals surface area contributed by atoms with Crippen LogP contribution >= 0.6 is 15.9 Å². The van der Waals surface area contributed by atoms with Crippen LogP contribution in [0.2, 0.25) is 0 Å². The highest BCUT2D eigenvalue weighted by atomic mass is 79.9. The predicted octanol–water partition coefficient (Wildman–Crippen LogP) is 2.97. The minimum atomic E-state index is -4.41. The number of hydrogen-bond acceptors (Lipinski definition) is 1. The maximum atomic E-state index is 12.4. The minimum Gasteiger partial charge on any atom is -0.366 e. The van der Waals surface area contributed by atoms with E-state index in [0.29, 0.717) is 4.47 Å². The molecule has 86 valence electrons. The molecule has 0 atom stereocenters. The molecular formula is C10H7BrF3NO. The fourth-order valence-corrected chi connectivity index (χ4v) is 1.40. The Balaban J connectivity index is 3.14. The maximum Gasteiger partial charge on any atom is 0.416 e. The predicted molar refractivity (Wildman–Crippen MR) is 57.4 cm³/mol. The Morgan fingerprint density at radius 3 is 2.50 bits per heavy atom. The van der Waals surface area contributed by atoms with Gasteiger partial charge in [0.1, 0.15) is 0 Å². The molecule has 0 bridgehead atoms. The number of carbonyl (C=O) groups excluding carboxylic acids is 1. The van der Waals surface area contributed by atoms with Gasteiger partial charge in [0.25, 0.3) is 0 Å². The SMILES string of the molecule is NC(=O)/C=C/c1cc(C(F)(F)F)ccc1Br. The average molecular weight is 294 g/mol. The van der Waals surface area contributed by atoms with Crippen molar-refractivity contribution in [3.8, 4) is 0 Å². The van der Waals surface area contributed by atoms with E-state index in [1.807, 2.05) is 0 Å². The largest absolute Gasteiger partial charge is 0.416 e. The summed E-state index contributed by atoms with van der Waals surface area (Å²) in [6.45, 7) is 0. The highest BCUT2D eigenvalue weighted by Gasteiger charge is 2.30. The fraction of sp³-hybridized carbons (Fsp3) is 0.100. The quantitative estimate of drug-likeness (QED) is 0.837. The van der Waals surface area contributed by atoms with Crippen molar-refractivity contribution in [2.45, 2.75) is 6.18 Å². The first-order chi connectivity index (χ1) is 7.30. The van der Waals surface area contributed by atoms with Crippen LogP contribution in [0.4, 0.5) is 13.2 Å². The van der Waals surface area contributed by atoms with E-state index in [2.05, 4.69) is 15.9 Å². The molecule has 16 heavy (non-hydrogen) atoms. The monoisotopic (exact) mass is 293 g/mol. The molecule has 0 spiro atoms. The molecule has 0 saturated heterocycles. The summed E-state index contributed by atoms with van der Waals surface area (Å²) in [4.78, 5) is 10.5. The van der Waals surface area contributed by atoms with Crippen LogP contribution in [0, 0.1) is 0 Å². The van der Waals surface area contributed by atoms with Crippen molar-refractivity contribution in [1.29, 1.82) is 0 Å². The van der Waals surface area contributed by atoms with Crippen LogP contribution in [-0.4, -0.2) is 5.91 Å². The lowest BCUT2D eigenvalue weighted by Gasteiger charge is -2.08.